The molecule has 0 fully saturated rings. The van der Waals surface area contributed by atoms with Crippen LogP contribution < -0.4 is 5.32 Å². The van der Waals surface area contributed by atoms with Crippen LogP contribution in [0.5, 0.6) is 0 Å². The topological polar surface area (TPSA) is 50.7 Å². The van der Waals surface area contributed by atoms with Gasteiger partial charge in [-0.1, -0.05) is 17.3 Å². The van der Waals surface area contributed by atoms with Gasteiger partial charge < -0.3 is 10.2 Å². The van der Waals surface area contributed by atoms with Crippen LogP contribution in [0.4, 0.5) is 0 Å². The van der Waals surface area contributed by atoms with Gasteiger partial charge in [0.1, 0.15) is 13.3 Å². The second-order valence-electron chi connectivity index (χ2n) is 2.09. The Hall–Kier alpha value is -1.32. The Morgan fingerprint density at radius 3 is 2.91 bits per heavy atom. The number of carbonyl (C=O) groups is 1. The van der Waals surface area contributed by atoms with Crippen molar-refractivity contribution in [2.24, 2.45) is 5.16 Å². The highest BCUT2D eigenvalue weighted by Crippen LogP contribution is 1.80. The van der Waals surface area contributed by atoms with E-state index in [1.165, 1.54) is 7.11 Å². The minimum Gasteiger partial charge on any atom is -0.399 e. The van der Waals surface area contributed by atoms with E-state index in [1.807, 2.05) is 6.92 Å². The summed E-state index contributed by atoms with van der Waals surface area (Å²) in [5.41, 5.74) is 0.893. The van der Waals surface area contributed by atoms with E-state index < -0.39 is 0 Å². The van der Waals surface area contributed by atoms with Gasteiger partial charge in [0.2, 0.25) is 0 Å². The maximum Gasteiger partial charge on any atom is 0.266 e. The zero-order valence-corrected chi connectivity index (χ0v) is 6.76. The van der Waals surface area contributed by atoms with Crippen molar-refractivity contribution in [3.8, 4) is 0 Å². The number of oxime groups is 1. The van der Waals surface area contributed by atoms with Gasteiger partial charge in [0.25, 0.3) is 5.91 Å². The normalized spacial score (nSPS) is 9.64. The highest BCUT2D eigenvalue weighted by Gasteiger charge is 1.93. The van der Waals surface area contributed by atoms with Crippen LogP contribution in [-0.2, 0) is 9.63 Å². The van der Waals surface area contributed by atoms with Crippen LogP contribution in [0.1, 0.15) is 6.92 Å². The van der Waals surface area contributed by atoms with Gasteiger partial charge in [0, 0.05) is 6.54 Å². The Kier molecular flexibility index (Phi) is 4.81. The molecule has 0 aliphatic carbocycles. The SMILES string of the molecule is C=C(C)CNC(=O)/C=N/OC. The van der Waals surface area contributed by atoms with E-state index in [1.54, 1.807) is 0 Å². The molecule has 1 amide bonds. The number of hydrogen-bond acceptors (Lipinski definition) is 3. The third-order valence-corrected chi connectivity index (χ3v) is 0.840. The molecule has 0 rings (SSSR count). The van der Waals surface area contributed by atoms with Crippen LogP contribution in [0.2, 0.25) is 0 Å². The van der Waals surface area contributed by atoms with Gasteiger partial charge >= 0.3 is 0 Å². The van der Waals surface area contributed by atoms with Gasteiger partial charge in [-0.05, 0) is 6.92 Å². The molecule has 0 radical (unpaired) electrons. The molecule has 0 aliphatic heterocycles. The highest BCUT2D eigenvalue weighted by molar-refractivity contribution is 6.26. The molecule has 0 saturated heterocycles. The Bertz CT molecular complexity index is 175. The minimum atomic E-state index is -0.283. The molecular formula is C7H12N2O2. The highest BCUT2D eigenvalue weighted by atomic mass is 16.6. The predicted octanol–water partition coefficient (Wildman–Crippen LogP) is 0.311. The number of amides is 1. The van der Waals surface area contributed by atoms with E-state index in [-0.39, 0.29) is 5.91 Å². The monoisotopic (exact) mass is 156 g/mol. The third-order valence-electron chi connectivity index (χ3n) is 0.840. The first kappa shape index (κ1) is 9.68. The van der Waals surface area contributed by atoms with Crippen molar-refractivity contribution in [3.63, 3.8) is 0 Å². The molecule has 0 bridgehead atoms. The van der Waals surface area contributed by atoms with Gasteiger partial charge in [-0.2, -0.15) is 0 Å². The van der Waals surface area contributed by atoms with Gasteiger partial charge in [-0.25, -0.2) is 0 Å². The van der Waals surface area contributed by atoms with Gasteiger partial charge in [-0.3, -0.25) is 4.79 Å². The largest absolute Gasteiger partial charge is 0.399 e. The fraction of sp³-hybridized carbons (Fsp3) is 0.429. The second-order valence-corrected chi connectivity index (χ2v) is 2.09. The van der Waals surface area contributed by atoms with Crippen molar-refractivity contribution in [1.29, 1.82) is 0 Å². The molecule has 62 valence electrons. The summed E-state index contributed by atoms with van der Waals surface area (Å²) in [5, 5.41) is 5.83. The molecule has 11 heavy (non-hydrogen) atoms. The number of nitrogens with one attached hydrogen (secondary N) is 1. The van der Waals surface area contributed by atoms with Crippen molar-refractivity contribution in [3.05, 3.63) is 12.2 Å². The van der Waals surface area contributed by atoms with Crippen LogP contribution in [0, 0.1) is 0 Å². The van der Waals surface area contributed by atoms with Crippen molar-refractivity contribution < 1.29 is 9.63 Å². The van der Waals surface area contributed by atoms with Crippen molar-refractivity contribution in [2.45, 2.75) is 6.92 Å². The third kappa shape index (κ3) is 6.57. The first-order valence-electron chi connectivity index (χ1n) is 3.15. The molecule has 1 N–H and O–H groups in total. The molecular weight excluding hydrogens is 144 g/mol. The van der Waals surface area contributed by atoms with E-state index in [4.69, 9.17) is 0 Å². The molecule has 0 heterocycles. The summed E-state index contributed by atoms with van der Waals surface area (Å²) in [6, 6.07) is 0. The molecule has 0 atom stereocenters. The zero-order chi connectivity index (χ0) is 8.69. The van der Waals surface area contributed by atoms with E-state index in [0.29, 0.717) is 6.54 Å². The summed E-state index contributed by atoms with van der Waals surface area (Å²) in [5.74, 6) is -0.283. The van der Waals surface area contributed by atoms with Crippen LogP contribution in [-0.4, -0.2) is 25.8 Å². The van der Waals surface area contributed by atoms with Crippen molar-refractivity contribution in [1.82, 2.24) is 5.32 Å². The van der Waals surface area contributed by atoms with Gasteiger partial charge in [0.15, 0.2) is 0 Å². The van der Waals surface area contributed by atoms with E-state index in [9.17, 15) is 4.79 Å². The number of rotatable bonds is 4. The second kappa shape index (κ2) is 5.46. The lowest BCUT2D eigenvalue weighted by Crippen LogP contribution is -2.25. The van der Waals surface area contributed by atoms with E-state index >= 15 is 0 Å². The van der Waals surface area contributed by atoms with Gasteiger partial charge in [-0.15, -0.1) is 0 Å². The Morgan fingerprint density at radius 1 is 1.82 bits per heavy atom. The smallest absolute Gasteiger partial charge is 0.266 e. The molecule has 4 nitrogen and oxygen atoms in total. The van der Waals surface area contributed by atoms with Crippen LogP contribution >= 0.6 is 0 Å². The van der Waals surface area contributed by atoms with Crippen LogP contribution in [0.3, 0.4) is 0 Å². The molecule has 0 spiro atoms. The summed E-state index contributed by atoms with van der Waals surface area (Å²) in [6.45, 7) is 5.91. The Balaban J connectivity index is 3.53. The molecule has 0 aliphatic rings. The Labute approximate surface area is 65.9 Å². The lowest BCUT2D eigenvalue weighted by Gasteiger charge is -1.98. The molecule has 0 aromatic rings. The minimum absolute atomic E-state index is 0.283. The summed E-state index contributed by atoms with van der Waals surface area (Å²) in [7, 11) is 1.38. The maximum atomic E-state index is 10.7. The summed E-state index contributed by atoms with van der Waals surface area (Å²) >= 11 is 0. The lowest BCUT2D eigenvalue weighted by molar-refractivity contribution is -0.114. The molecule has 0 saturated carbocycles. The fourth-order valence-electron chi connectivity index (χ4n) is 0.384. The number of carbonyl (C=O) groups excluding carboxylic acids is 1. The number of nitrogens with zero attached hydrogens (tertiary/aromatic N) is 1. The number of hydrogen-bond donors (Lipinski definition) is 1. The predicted molar refractivity (Wildman–Crippen MR) is 43.3 cm³/mol. The zero-order valence-electron chi connectivity index (χ0n) is 6.76. The lowest BCUT2D eigenvalue weighted by atomic mass is 10.3. The van der Waals surface area contributed by atoms with Crippen molar-refractivity contribution >= 4 is 12.1 Å². The standard InChI is InChI=1S/C7H12N2O2/c1-6(2)4-8-7(10)5-9-11-3/h5H,1,4H2,2-3H3,(H,8,10)/b9-5+. The summed E-state index contributed by atoms with van der Waals surface area (Å²) in [6.07, 6.45) is 1.07. The van der Waals surface area contributed by atoms with Crippen molar-refractivity contribution in [2.75, 3.05) is 13.7 Å². The molecule has 4 heteroatoms. The quantitative estimate of drug-likeness (QED) is 0.362. The Morgan fingerprint density at radius 2 is 2.45 bits per heavy atom. The summed E-state index contributed by atoms with van der Waals surface area (Å²) < 4.78 is 0. The van der Waals surface area contributed by atoms with Crippen LogP contribution in [0.25, 0.3) is 0 Å². The van der Waals surface area contributed by atoms with Gasteiger partial charge in [0.05, 0.1) is 0 Å². The summed E-state index contributed by atoms with van der Waals surface area (Å²) in [4.78, 5) is 15.0. The van der Waals surface area contributed by atoms with Crippen LogP contribution in [0.15, 0.2) is 17.3 Å². The van der Waals surface area contributed by atoms with E-state index in [2.05, 4.69) is 21.9 Å². The van der Waals surface area contributed by atoms with E-state index in [0.717, 1.165) is 11.8 Å². The first-order valence-corrected chi connectivity index (χ1v) is 3.15. The molecule has 0 unspecified atom stereocenters. The first-order chi connectivity index (χ1) is 5.16. The fourth-order valence-corrected chi connectivity index (χ4v) is 0.384. The average molecular weight is 156 g/mol. The maximum absolute atomic E-state index is 10.7. The molecule has 0 aromatic carbocycles. The molecule has 0 aromatic heterocycles. The average Bonchev–Trinajstić information content (AvgIpc) is 1.97.